The molecule has 2 amide bonds. The number of carbonyl (C=O) groups is 2. The molecule has 0 aliphatic heterocycles. The first-order valence-corrected chi connectivity index (χ1v) is 17.3. The van der Waals surface area contributed by atoms with E-state index in [0.29, 0.717) is 11.4 Å². The van der Waals surface area contributed by atoms with E-state index < -0.39 is 28.5 Å². The standard InChI is InChI=1S/C35H37BrClN3O4S/c1-4-26(3)38-35(42)33(21-27-9-6-5-7-10-27)39(23-28-15-17-29(36)18-16-28)34(41)24-40(31-12-8-11-30(37)22-31)45(43,44)32-19-13-25(2)14-20-32/h5-20,22,26,33H,4,21,23-24H2,1-3H3,(H,38,42). The monoisotopic (exact) mass is 709 g/mol. The SMILES string of the molecule is CCC(C)NC(=O)C(Cc1ccccc1)N(Cc1ccc(Br)cc1)C(=O)CN(c1cccc(Cl)c1)S(=O)(=O)c1ccc(C)cc1. The largest absolute Gasteiger partial charge is 0.352 e. The smallest absolute Gasteiger partial charge is 0.264 e. The summed E-state index contributed by atoms with van der Waals surface area (Å²) in [5.41, 5.74) is 2.80. The lowest BCUT2D eigenvalue weighted by atomic mass is 10.0. The van der Waals surface area contributed by atoms with Gasteiger partial charge in [0.25, 0.3) is 10.0 Å². The van der Waals surface area contributed by atoms with Crippen LogP contribution in [0.4, 0.5) is 5.69 Å². The maximum Gasteiger partial charge on any atom is 0.264 e. The van der Waals surface area contributed by atoms with E-state index in [4.69, 9.17) is 11.6 Å². The molecule has 0 radical (unpaired) electrons. The van der Waals surface area contributed by atoms with Gasteiger partial charge in [0.05, 0.1) is 10.6 Å². The summed E-state index contributed by atoms with van der Waals surface area (Å²) in [6, 6.07) is 28.7. The molecule has 0 aliphatic carbocycles. The molecule has 0 saturated heterocycles. The van der Waals surface area contributed by atoms with Crippen LogP contribution in [0.1, 0.15) is 37.0 Å². The summed E-state index contributed by atoms with van der Waals surface area (Å²) in [6.45, 7) is 5.29. The Bertz CT molecular complexity index is 1700. The summed E-state index contributed by atoms with van der Waals surface area (Å²) in [7, 11) is -4.20. The average molecular weight is 711 g/mol. The fourth-order valence-corrected chi connectivity index (χ4v) is 6.63. The van der Waals surface area contributed by atoms with Gasteiger partial charge in [-0.3, -0.25) is 13.9 Å². The van der Waals surface area contributed by atoms with Gasteiger partial charge in [-0.05, 0) is 73.9 Å². The van der Waals surface area contributed by atoms with Crippen molar-refractivity contribution in [1.82, 2.24) is 10.2 Å². The van der Waals surface area contributed by atoms with Gasteiger partial charge in [0.15, 0.2) is 0 Å². The van der Waals surface area contributed by atoms with Crippen molar-refractivity contribution in [2.45, 2.75) is 57.1 Å². The van der Waals surface area contributed by atoms with Crippen LogP contribution in [-0.4, -0.2) is 43.8 Å². The Kier molecular flexibility index (Phi) is 11.8. The Hall–Kier alpha value is -3.66. The third-order valence-corrected chi connectivity index (χ3v) is 10.1. The van der Waals surface area contributed by atoms with Gasteiger partial charge in [-0.1, -0.05) is 101 Å². The molecule has 0 bridgehead atoms. The van der Waals surface area contributed by atoms with Crippen molar-refractivity contribution in [3.63, 3.8) is 0 Å². The van der Waals surface area contributed by atoms with Crippen molar-refractivity contribution >= 4 is 55.1 Å². The number of benzene rings is 4. The zero-order chi connectivity index (χ0) is 32.6. The van der Waals surface area contributed by atoms with Crippen LogP contribution >= 0.6 is 27.5 Å². The first kappa shape index (κ1) is 34.2. The number of nitrogens with one attached hydrogen (secondary N) is 1. The van der Waals surface area contributed by atoms with E-state index in [1.807, 2.05) is 75.4 Å². The van der Waals surface area contributed by atoms with E-state index in [9.17, 15) is 18.0 Å². The molecule has 0 spiro atoms. The van der Waals surface area contributed by atoms with Gasteiger partial charge in [-0.15, -0.1) is 0 Å². The number of hydrogen-bond donors (Lipinski definition) is 1. The number of hydrogen-bond acceptors (Lipinski definition) is 4. The number of anilines is 1. The summed E-state index contributed by atoms with van der Waals surface area (Å²) in [5, 5.41) is 3.37. The first-order valence-electron chi connectivity index (χ1n) is 14.7. The number of sulfonamides is 1. The van der Waals surface area contributed by atoms with Crippen LogP contribution in [-0.2, 0) is 32.6 Å². The lowest BCUT2D eigenvalue weighted by molar-refractivity contribution is -0.140. The second-order valence-electron chi connectivity index (χ2n) is 11.0. The van der Waals surface area contributed by atoms with Crippen molar-refractivity contribution in [2.24, 2.45) is 0 Å². The molecule has 0 saturated carbocycles. The normalized spacial score (nSPS) is 12.6. The average Bonchev–Trinajstić information content (AvgIpc) is 3.02. The summed E-state index contributed by atoms with van der Waals surface area (Å²) in [6.07, 6.45) is 0.953. The Balaban J connectivity index is 1.80. The van der Waals surface area contributed by atoms with Gasteiger partial charge >= 0.3 is 0 Å². The van der Waals surface area contributed by atoms with Gasteiger partial charge in [-0.2, -0.15) is 0 Å². The molecule has 1 N–H and O–H groups in total. The zero-order valence-electron chi connectivity index (χ0n) is 25.5. The second kappa shape index (κ2) is 15.6. The minimum Gasteiger partial charge on any atom is -0.352 e. The van der Waals surface area contributed by atoms with Gasteiger partial charge < -0.3 is 10.2 Å². The highest BCUT2D eigenvalue weighted by atomic mass is 79.9. The molecule has 2 unspecified atom stereocenters. The van der Waals surface area contributed by atoms with E-state index >= 15 is 0 Å². The van der Waals surface area contributed by atoms with Gasteiger partial charge in [0.1, 0.15) is 12.6 Å². The highest BCUT2D eigenvalue weighted by Crippen LogP contribution is 2.27. The molecule has 4 rings (SSSR count). The lowest BCUT2D eigenvalue weighted by Gasteiger charge is -2.34. The second-order valence-corrected chi connectivity index (χ2v) is 14.2. The molecule has 0 aromatic heterocycles. The Morgan fingerprint density at radius 1 is 0.889 bits per heavy atom. The number of carbonyl (C=O) groups excluding carboxylic acids is 2. The van der Waals surface area contributed by atoms with Crippen LogP contribution in [0.5, 0.6) is 0 Å². The number of aryl methyl sites for hydroxylation is 1. The molecule has 0 heterocycles. The fourth-order valence-electron chi connectivity index (χ4n) is 4.78. The molecule has 7 nitrogen and oxygen atoms in total. The van der Waals surface area contributed by atoms with Gasteiger partial charge in [0, 0.05) is 28.5 Å². The molecular formula is C35H37BrClN3O4S. The zero-order valence-corrected chi connectivity index (χ0v) is 28.6. The number of nitrogens with zero attached hydrogens (tertiary/aromatic N) is 2. The maximum absolute atomic E-state index is 14.5. The van der Waals surface area contributed by atoms with Gasteiger partial charge in [0.2, 0.25) is 11.8 Å². The highest BCUT2D eigenvalue weighted by Gasteiger charge is 2.35. The van der Waals surface area contributed by atoms with E-state index in [-0.39, 0.29) is 35.5 Å². The predicted molar refractivity (Wildman–Crippen MR) is 184 cm³/mol. The van der Waals surface area contributed by atoms with E-state index in [0.717, 1.165) is 25.5 Å². The Morgan fingerprint density at radius 2 is 1.56 bits per heavy atom. The van der Waals surface area contributed by atoms with Crippen molar-refractivity contribution in [3.05, 3.63) is 129 Å². The summed E-state index contributed by atoms with van der Waals surface area (Å²) < 4.78 is 30.2. The molecule has 4 aromatic rings. The summed E-state index contributed by atoms with van der Waals surface area (Å²) in [4.78, 5) is 29.9. The first-order chi connectivity index (χ1) is 21.5. The number of rotatable bonds is 13. The molecule has 2 atom stereocenters. The molecule has 4 aromatic carbocycles. The summed E-state index contributed by atoms with van der Waals surface area (Å²) >= 11 is 9.75. The van der Waals surface area contributed by atoms with Crippen molar-refractivity contribution in [3.8, 4) is 0 Å². The molecule has 0 fully saturated rings. The van der Waals surface area contributed by atoms with E-state index in [1.165, 1.54) is 23.1 Å². The third-order valence-electron chi connectivity index (χ3n) is 7.52. The van der Waals surface area contributed by atoms with Crippen LogP contribution in [0.2, 0.25) is 5.02 Å². The van der Waals surface area contributed by atoms with Crippen LogP contribution in [0, 0.1) is 6.92 Å². The Morgan fingerprint density at radius 3 is 2.18 bits per heavy atom. The molecule has 45 heavy (non-hydrogen) atoms. The minimum absolute atomic E-state index is 0.0377. The van der Waals surface area contributed by atoms with E-state index in [1.54, 1.807) is 30.3 Å². The third kappa shape index (κ3) is 9.19. The van der Waals surface area contributed by atoms with Crippen LogP contribution < -0.4 is 9.62 Å². The van der Waals surface area contributed by atoms with Crippen molar-refractivity contribution < 1.29 is 18.0 Å². The minimum atomic E-state index is -4.20. The van der Waals surface area contributed by atoms with Crippen LogP contribution in [0.15, 0.2) is 112 Å². The topological polar surface area (TPSA) is 86.8 Å². The number of amides is 2. The van der Waals surface area contributed by atoms with Gasteiger partial charge in [-0.25, -0.2) is 8.42 Å². The quantitative estimate of drug-likeness (QED) is 0.160. The molecule has 10 heteroatoms. The number of halogens is 2. The molecule has 0 aliphatic rings. The molecule has 236 valence electrons. The van der Waals surface area contributed by atoms with E-state index in [2.05, 4.69) is 21.2 Å². The molecular weight excluding hydrogens is 674 g/mol. The highest BCUT2D eigenvalue weighted by molar-refractivity contribution is 9.10. The maximum atomic E-state index is 14.5. The lowest BCUT2D eigenvalue weighted by Crippen LogP contribution is -2.54. The van der Waals surface area contributed by atoms with Crippen molar-refractivity contribution in [2.75, 3.05) is 10.8 Å². The summed E-state index contributed by atoms with van der Waals surface area (Å²) in [5.74, 6) is -0.844. The predicted octanol–water partition coefficient (Wildman–Crippen LogP) is 7.16. The Labute approximate surface area is 279 Å². The fraction of sp³-hybridized carbons (Fsp3) is 0.257. The van der Waals surface area contributed by atoms with Crippen LogP contribution in [0.3, 0.4) is 0 Å². The van der Waals surface area contributed by atoms with Crippen LogP contribution in [0.25, 0.3) is 0 Å². The van der Waals surface area contributed by atoms with Crippen molar-refractivity contribution in [1.29, 1.82) is 0 Å².